The molecule has 0 aromatic heterocycles. The van der Waals surface area contributed by atoms with E-state index in [1.807, 2.05) is 24.3 Å². The van der Waals surface area contributed by atoms with Crippen LogP contribution >= 0.6 is 0 Å². The van der Waals surface area contributed by atoms with Crippen molar-refractivity contribution in [3.8, 4) is 0 Å². The largest absolute Gasteiger partial charge is 0.256 e. The third-order valence-corrected chi connectivity index (χ3v) is 1.89. The average Bonchev–Trinajstić information content (AvgIpc) is 2.62. The molecule has 0 aliphatic carbocycles. The van der Waals surface area contributed by atoms with Gasteiger partial charge in [0.25, 0.3) is 0 Å². The first kappa shape index (κ1) is 7.71. The van der Waals surface area contributed by atoms with Gasteiger partial charge >= 0.3 is 0 Å². The van der Waals surface area contributed by atoms with E-state index in [9.17, 15) is 4.79 Å². The highest BCUT2D eigenvalue weighted by Crippen LogP contribution is 1.97. The fraction of sp³-hybridized carbons (Fsp3) is 0. The van der Waals surface area contributed by atoms with Crippen molar-refractivity contribution in [2.45, 2.75) is 0 Å². The van der Waals surface area contributed by atoms with E-state index in [0.717, 1.165) is 16.1 Å². The van der Waals surface area contributed by atoms with Gasteiger partial charge in [-0.3, -0.25) is 4.99 Å². The van der Waals surface area contributed by atoms with Gasteiger partial charge in [-0.15, -0.1) is 0 Å². The zero-order valence-corrected chi connectivity index (χ0v) is 6.90. The lowest BCUT2D eigenvalue weighted by atomic mass is 10.2. The van der Waals surface area contributed by atoms with E-state index in [4.69, 9.17) is 0 Å². The van der Waals surface area contributed by atoms with Gasteiger partial charge in [0.05, 0.1) is 5.36 Å². The maximum atomic E-state index is 10.0. The monoisotopic (exact) mass is 169 g/mol. The van der Waals surface area contributed by atoms with E-state index in [1.54, 1.807) is 18.2 Å². The quantitative estimate of drug-likeness (QED) is 0.561. The minimum absolute atomic E-state index is 0.925. The van der Waals surface area contributed by atoms with Crippen molar-refractivity contribution in [1.29, 1.82) is 0 Å². The van der Waals surface area contributed by atoms with Crippen LogP contribution in [0.5, 0.6) is 0 Å². The third-order valence-electron chi connectivity index (χ3n) is 1.89. The molecule has 62 valence electrons. The number of benzene rings is 1. The van der Waals surface area contributed by atoms with Crippen LogP contribution < -0.4 is 10.6 Å². The third kappa shape index (κ3) is 1.35. The summed E-state index contributed by atoms with van der Waals surface area (Å²) in [6, 6.07) is 5.85. The van der Waals surface area contributed by atoms with Crippen LogP contribution in [-0.2, 0) is 4.79 Å². The van der Waals surface area contributed by atoms with E-state index in [-0.39, 0.29) is 0 Å². The molecule has 1 aliphatic rings. The lowest BCUT2D eigenvalue weighted by Gasteiger charge is -1.88. The predicted molar refractivity (Wildman–Crippen MR) is 51.0 cm³/mol. The number of para-hydroxylation sites is 1. The fourth-order valence-electron chi connectivity index (χ4n) is 1.31. The number of hydrogen-bond acceptors (Lipinski definition) is 2. The van der Waals surface area contributed by atoms with Crippen molar-refractivity contribution in [2.75, 3.05) is 0 Å². The summed E-state index contributed by atoms with van der Waals surface area (Å²) < 4.78 is 0. The van der Waals surface area contributed by atoms with E-state index in [0.29, 0.717) is 0 Å². The van der Waals surface area contributed by atoms with E-state index in [1.165, 1.54) is 6.08 Å². The van der Waals surface area contributed by atoms with Crippen LogP contribution in [0.1, 0.15) is 5.56 Å². The Kier molecular flexibility index (Phi) is 1.91. The Morgan fingerprint density at radius 2 is 2.31 bits per heavy atom. The number of nitrogens with zero attached hydrogens (tertiary/aromatic N) is 1. The molecule has 0 N–H and O–H groups in total. The highest BCUT2D eigenvalue weighted by atomic mass is 16.1. The number of carbonyl (C=O) groups excluding carboxylic acids is 1. The first-order valence-electron chi connectivity index (χ1n) is 3.96. The van der Waals surface area contributed by atoms with Crippen LogP contribution in [0, 0.1) is 0 Å². The van der Waals surface area contributed by atoms with Crippen LogP contribution in [0.15, 0.2) is 35.5 Å². The normalized spacial score (nSPS) is 13.4. The molecule has 0 bridgehead atoms. The smallest absolute Gasteiger partial charge is 0.124 e. The molecule has 2 heteroatoms. The Balaban J connectivity index is 2.76. The first-order chi connectivity index (χ1) is 6.42. The molecule has 0 saturated heterocycles. The second kappa shape index (κ2) is 3.21. The van der Waals surface area contributed by atoms with E-state index >= 15 is 0 Å². The minimum atomic E-state index is 0.925. The van der Waals surface area contributed by atoms with Crippen molar-refractivity contribution in [2.24, 2.45) is 4.99 Å². The van der Waals surface area contributed by atoms with Crippen LogP contribution in [0.25, 0.3) is 12.2 Å². The van der Waals surface area contributed by atoms with Crippen molar-refractivity contribution >= 4 is 18.1 Å². The van der Waals surface area contributed by atoms with Gasteiger partial charge in [0.2, 0.25) is 0 Å². The molecule has 13 heavy (non-hydrogen) atoms. The Hall–Kier alpha value is -1.92. The molecule has 0 saturated carbocycles. The van der Waals surface area contributed by atoms with Gasteiger partial charge in [-0.25, -0.2) is 4.79 Å². The SMILES string of the molecule is O=C=C/C=c1/cccc2c1=NC=C2. The molecule has 0 amide bonds. The summed E-state index contributed by atoms with van der Waals surface area (Å²) in [5.41, 5.74) is 1.09. The van der Waals surface area contributed by atoms with Gasteiger partial charge in [0, 0.05) is 23.1 Å². The molecule has 1 aromatic carbocycles. The average molecular weight is 169 g/mol. The van der Waals surface area contributed by atoms with Crippen molar-refractivity contribution < 1.29 is 4.79 Å². The lowest BCUT2D eigenvalue weighted by molar-refractivity contribution is 0.569. The summed E-state index contributed by atoms with van der Waals surface area (Å²) in [5, 5.41) is 1.87. The van der Waals surface area contributed by atoms with Gasteiger partial charge in [-0.1, -0.05) is 18.2 Å². The van der Waals surface area contributed by atoms with Crippen LogP contribution in [0.4, 0.5) is 0 Å². The molecule has 0 spiro atoms. The second-order valence-corrected chi connectivity index (χ2v) is 2.68. The Bertz CT molecular complexity index is 520. The van der Waals surface area contributed by atoms with Crippen LogP contribution in [-0.4, -0.2) is 5.94 Å². The molecule has 2 rings (SSSR count). The van der Waals surface area contributed by atoms with Crippen molar-refractivity contribution in [3.05, 3.63) is 46.6 Å². The molecule has 2 nitrogen and oxygen atoms in total. The summed E-state index contributed by atoms with van der Waals surface area (Å²) >= 11 is 0. The topological polar surface area (TPSA) is 29.4 Å². The highest BCUT2D eigenvalue weighted by molar-refractivity contribution is 5.60. The molecule has 0 atom stereocenters. The summed E-state index contributed by atoms with van der Waals surface area (Å²) in [7, 11) is 0. The Morgan fingerprint density at radius 3 is 3.15 bits per heavy atom. The summed E-state index contributed by atoms with van der Waals surface area (Å²) in [6.45, 7) is 0. The standard InChI is InChI=1S/C11H7NO/c13-8-2-5-9-3-1-4-10-6-7-12-11(9)10/h1-7H/b9-5-. The van der Waals surface area contributed by atoms with E-state index in [2.05, 4.69) is 4.99 Å². The van der Waals surface area contributed by atoms with Gasteiger partial charge < -0.3 is 0 Å². The predicted octanol–water partition coefficient (Wildman–Crippen LogP) is 0.459. The maximum Gasteiger partial charge on any atom is 0.124 e. The van der Waals surface area contributed by atoms with Gasteiger partial charge in [-0.05, 0) is 12.2 Å². The van der Waals surface area contributed by atoms with E-state index < -0.39 is 0 Å². The number of hydrogen-bond donors (Lipinski definition) is 0. The maximum absolute atomic E-state index is 10.0. The Morgan fingerprint density at radius 1 is 1.38 bits per heavy atom. The highest BCUT2D eigenvalue weighted by Gasteiger charge is 1.96. The molecule has 1 aliphatic heterocycles. The van der Waals surface area contributed by atoms with Crippen LogP contribution in [0.2, 0.25) is 0 Å². The Labute approximate surface area is 75.2 Å². The molecule has 0 fully saturated rings. The molecular formula is C11H7NO. The second-order valence-electron chi connectivity index (χ2n) is 2.68. The fourth-order valence-corrected chi connectivity index (χ4v) is 1.31. The number of fused-ring (bicyclic) bond motifs is 1. The molecule has 1 aromatic rings. The zero-order valence-electron chi connectivity index (χ0n) is 6.90. The van der Waals surface area contributed by atoms with Crippen molar-refractivity contribution in [1.82, 2.24) is 0 Å². The van der Waals surface area contributed by atoms with Crippen molar-refractivity contribution in [3.63, 3.8) is 0 Å². The lowest BCUT2D eigenvalue weighted by Crippen LogP contribution is -2.25. The number of allylic oxidation sites excluding steroid dienone is 1. The summed E-state index contributed by atoms with van der Waals surface area (Å²) in [6.07, 6.45) is 6.76. The number of rotatable bonds is 1. The first-order valence-corrected chi connectivity index (χ1v) is 3.96. The summed E-state index contributed by atoms with van der Waals surface area (Å²) in [4.78, 5) is 14.2. The minimum Gasteiger partial charge on any atom is -0.256 e. The molecule has 0 unspecified atom stereocenters. The zero-order chi connectivity index (χ0) is 9.10. The molecule has 1 heterocycles. The van der Waals surface area contributed by atoms with Gasteiger partial charge in [-0.2, -0.15) is 0 Å². The van der Waals surface area contributed by atoms with Gasteiger partial charge in [0.15, 0.2) is 0 Å². The molecular weight excluding hydrogens is 162 g/mol. The van der Waals surface area contributed by atoms with Gasteiger partial charge in [0.1, 0.15) is 5.94 Å². The summed E-state index contributed by atoms with van der Waals surface area (Å²) in [5.74, 6) is 1.71. The van der Waals surface area contributed by atoms with Crippen LogP contribution in [0.3, 0.4) is 0 Å². The molecule has 0 radical (unpaired) electrons.